The van der Waals surface area contributed by atoms with E-state index in [0.29, 0.717) is 132 Å². The predicted octanol–water partition coefficient (Wildman–Crippen LogP) is 12.3. The van der Waals surface area contributed by atoms with Crippen LogP contribution in [0.4, 0.5) is 47.7 Å². The van der Waals surface area contributed by atoms with Crippen LogP contribution in [0.2, 0.25) is 0 Å². The minimum atomic E-state index is -0.345. The molecule has 0 bridgehead atoms. The Labute approximate surface area is 620 Å². The van der Waals surface area contributed by atoms with E-state index >= 15 is 0 Å². The zero-order chi connectivity index (χ0) is 74.6. The van der Waals surface area contributed by atoms with Gasteiger partial charge in [-0.2, -0.15) is 0 Å². The van der Waals surface area contributed by atoms with Gasteiger partial charge in [0.15, 0.2) is 22.9 Å². The molecular formula is C81H81F3N18O6. The van der Waals surface area contributed by atoms with Gasteiger partial charge >= 0.3 is 0 Å². The van der Waals surface area contributed by atoms with Crippen molar-refractivity contribution in [2.24, 2.45) is 5.73 Å². The van der Waals surface area contributed by atoms with Crippen molar-refractivity contribution < 1.29 is 41.8 Å². The monoisotopic (exact) mass is 1460 g/mol. The SMILES string of the molecule is Cc1ccn2c(-c3ccc(Nc4ccc(C5CCOC5)c(CN(C)C)n4)c4c3CNC4=O)cnc2c1F.Cc1ccn2c(-c3ccc(Nc4ccc(C5CCOC5)c(CN(C)C)n4)c4c3CNC4=O)cnc2c1F.NCc1nc(Nc2ccc(-c3cnc4cc(F)ccn34)c3c2C(=O)NC3)ccc1C1CCOC1. The van der Waals surface area contributed by atoms with Crippen molar-refractivity contribution in [3.8, 4) is 33.8 Å². The number of hydrogen-bond acceptors (Lipinski definition) is 18. The van der Waals surface area contributed by atoms with Crippen LogP contribution < -0.4 is 37.6 Å². The first kappa shape index (κ1) is 70.8. The number of ether oxygens (including phenoxy) is 3. The van der Waals surface area contributed by atoms with E-state index in [1.165, 1.54) is 23.3 Å². The number of rotatable bonds is 17. The molecule has 27 heteroatoms. The number of nitrogens with two attached hydrogens (primary N) is 1. The smallest absolute Gasteiger partial charge is 0.254 e. The van der Waals surface area contributed by atoms with Gasteiger partial charge in [0, 0.05) is 118 Å². The summed E-state index contributed by atoms with van der Waals surface area (Å²) in [6, 6.07) is 29.8. The van der Waals surface area contributed by atoms with Crippen LogP contribution >= 0.6 is 0 Å². The lowest BCUT2D eigenvalue weighted by Gasteiger charge is -2.19. The second kappa shape index (κ2) is 29.7. The number of aryl methyl sites for hydroxylation is 2. The second-order valence-corrected chi connectivity index (χ2v) is 28.5. The highest BCUT2D eigenvalue weighted by Crippen LogP contribution is 2.41. The molecule has 552 valence electrons. The lowest BCUT2D eigenvalue weighted by molar-refractivity contribution is 0.0958. The molecule has 8 N–H and O–H groups in total. The Morgan fingerprint density at radius 1 is 0.481 bits per heavy atom. The van der Waals surface area contributed by atoms with Crippen LogP contribution in [-0.2, 0) is 53.5 Å². The summed E-state index contributed by atoms with van der Waals surface area (Å²) in [6.07, 6.45) is 13.2. The number of imidazole rings is 3. The summed E-state index contributed by atoms with van der Waals surface area (Å²) in [5, 5.41) is 18.9. The first-order chi connectivity index (χ1) is 52.4. The minimum Gasteiger partial charge on any atom is -0.381 e. The maximum absolute atomic E-state index is 14.6. The molecule has 3 saturated heterocycles. The summed E-state index contributed by atoms with van der Waals surface area (Å²) >= 11 is 0. The van der Waals surface area contributed by atoms with Gasteiger partial charge in [-0.15, -0.1) is 0 Å². The molecule has 15 heterocycles. The van der Waals surface area contributed by atoms with Crippen LogP contribution in [-0.4, -0.2) is 138 Å². The van der Waals surface area contributed by atoms with Crippen LogP contribution in [0.1, 0.15) is 130 Å². The minimum absolute atomic E-state index is 0.150. The Morgan fingerprint density at radius 2 is 0.852 bits per heavy atom. The highest BCUT2D eigenvalue weighted by Gasteiger charge is 2.33. The van der Waals surface area contributed by atoms with Gasteiger partial charge in [0.05, 0.1) is 106 Å². The number of halogens is 3. The number of anilines is 6. The van der Waals surface area contributed by atoms with Crippen molar-refractivity contribution in [3.05, 3.63) is 230 Å². The van der Waals surface area contributed by atoms with Crippen LogP contribution in [0.3, 0.4) is 0 Å². The summed E-state index contributed by atoms with van der Waals surface area (Å²) in [5.74, 6) is 1.52. The van der Waals surface area contributed by atoms with Crippen LogP contribution in [0.15, 0.2) is 134 Å². The van der Waals surface area contributed by atoms with E-state index < -0.39 is 0 Å². The Hall–Kier alpha value is -11.5. The Kier molecular flexibility index (Phi) is 19.5. The van der Waals surface area contributed by atoms with Crippen molar-refractivity contribution >= 4 is 69.2 Å². The summed E-state index contributed by atoms with van der Waals surface area (Å²) in [6.45, 7) is 10.8. The fourth-order valence-electron chi connectivity index (χ4n) is 15.5. The molecular weight excluding hydrogens is 1380 g/mol. The van der Waals surface area contributed by atoms with Gasteiger partial charge in [0.25, 0.3) is 17.7 Å². The zero-order valence-corrected chi connectivity index (χ0v) is 60.6. The summed E-state index contributed by atoms with van der Waals surface area (Å²) in [4.78, 5) is 70.4. The number of carbonyl (C=O) groups excluding carboxylic acids is 3. The molecule has 0 saturated carbocycles. The number of hydrogen-bond donors (Lipinski definition) is 7. The van der Waals surface area contributed by atoms with Gasteiger partial charge in [-0.3, -0.25) is 27.6 Å². The van der Waals surface area contributed by atoms with Gasteiger partial charge in [0.2, 0.25) is 0 Å². The normalized spacial score (nSPS) is 17.1. The number of amides is 3. The van der Waals surface area contributed by atoms with Gasteiger partial charge < -0.3 is 61.6 Å². The molecule has 24 nitrogen and oxygen atoms in total. The van der Waals surface area contributed by atoms with Crippen molar-refractivity contribution in [2.45, 2.75) is 90.1 Å². The van der Waals surface area contributed by atoms with E-state index in [9.17, 15) is 27.6 Å². The maximum atomic E-state index is 14.6. The second-order valence-electron chi connectivity index (χ2n) is 28.5. The van der Waals surface area contributed by atoms with E-state index in [2.05, 4.69) is 68.8 Å². The van der Waals surface area contributed by atoms with Gasteiger partial charge in [-0.25, -0.2) is 43.1 Å². The first-order valence-corrected chi connectivity index (χ1v) is 36.2. The lowest BCUT2D eigenvalue weighted by Crippen LogP contribution is -2.16. The predicted molar refractivity (Wildman–Crippen MR) is 405 cm³/mol. The molecule has 9 aromatic heterocycles. The maximum Gasteiger partial charge on any atom is 0.254 e. The molecule has 3 aromatic carbocycles. The average Bonchev–Trinajstić information content (AvgIpc) is 1.61. The molecule has 0 radical (unpaired) electrons. The molecule has 0 aliphatic carbocycles. The van der Waals surface area contributed by atoms with Gasteiger partial charge in [-0.1, -0.05) is 36.4 Å². The van der Waals surface area contributed by atoms with Crippen molar-refractivity contribution in [1.29, 1.82) is 0 Å². The molecule has 18 rings (SSSR count). The molecule has 3 fully saturated rings. The highest BCUT2D eigenvalue weighted by atomic mass is 19.1. The van der Waals surface area contributed by atoms with Gasteiger partial charge in [0.1, 0.15) is 28.9 Å². The van der Waals surface area contributed by atoms with Crippen molar-refractivity contribution in [1.82, 2.24) is 68.9 Å². The number of nitrogens with zero attached hydrogens (tertiary/aromatic N) is 11. The Morgan fingerprint density at radius 3 is 1.23 bits per heavy atom. The summed E-state index contributed by atoms with van der Waals surface area (Å²) in [7, 11) is 8.11. The molecule has 3 unspecified atom stereocenters. The fourth-order valence-corrected chi connectivity index (χ4v) is 15.5. The fraction of sp³-hybridized carbons (Fsp3) is 0.296. The third-order valence-electron chi connectivity index (χ3n) is 20.9. The third kappa shape index (κ3) is 13.6. The van der Waals surface area contributed by atoms with E-state index in [-0.39, 0.29) is 46.5 Å². The molecule has 0 spiro atoms. The molecule has 3 amide bonds. The van der Waals surface area contributed by atoms with E-state index in [1.807, 2.05) is 106 Å². The lowest BCUT2D eigenvalue weighted by atomic mass is 9.96. The van der Waals surface area contributed by atoms with E-state index in [1.54, 1.807) is 59.6 Å². The number of benzene rings is 3. The largest absolute Gasteiger partial charge is 0.381 e. The number of aromatic nitrogens is 9. The van der Waals surface area contributed by atoms with Gasteiger partial charge in [-0.05, 0) is 160 Å². The zero-order valence-electron chi connectivity index (χ0n) is 60.6. The third-order valence-corrected chi connectivity index (χ3v) is 20.9. The number of nitrogens with one attached hydrogen (secondary N) is 6. The van der Waals surface area contributed by atoms with E-state index in [0.717, 1.165) is 125 Å². The average molecular weight is 1460 g/mol. The van der Waals surface area contributed by atoms with Crippen LogP contribution in [0, 0.1) is 31.3 Å². The highest BCUT2D eigenvalue weighted by molar-refractivity contribution is 6.08. The van der Waals surface area contributed by atoms with Crippen molar-refractivity contribution in [2.75, 3.05) is 83.8 Å². The topological polar surface area (TPSA) is 274 Å². The summed E-state index contributed by atoms with van der Waals surface area (Å²) in [5.41, 5.74) is 25.7. The first-order valence-electron chi connectivity index (χ1n) is 36.2. The molecule has 108 heavy (non-hydrogen) atoms. The Balaban J connectivity index is 0.000000124. The standard InChI is InChI=1S/2C28H29FN6O2.C25H23FN6O2/c2*1-16-8-10-35-23(13-30-27(35)26(16)29)19-4-6-21(25-20(19)12-31-28(25)36)32-24-7-5-18(17-9-11-37-15-17)22(33-24)14-34(2)3;26-15-5-7-32-21(12-28-23(32)9-15)17-1-3-19(24-18(17)11-29-25(24)33)30-22-4-2-16(20(10-27)31-22)14-6-8-34-13-14/h2*4-8,10,13,17H,9,11-12,14-15H2,1-3H3,(H,31,36)(H,32,33);1-5,7,9,12,14H,6,8,10-11,13,27H2,(H,29,33)(H,30,31). The molecule has 12 aromatic rings. The number of carbonyl (C=O) groups is 3. The molecule has 3 atom stereocenters. The molecule has 6 aliphatic heterocycles. The molecule has 6 aliphatic rings. The van der Waals surface area contributed by atoms with Crippen LogP contribution in [0.5, 0.6) is 0 Å². The van der Waals surface area contributed by atoms with Crippen LogP contribution in [0.25, 0.3) is 50.7 Å². The Bertz CT molecular complexity index is 5310. The van der Waals surface area contributed by atoms with E-state index in [4.69, 9.17) is 34.9 Å². The number of fused-ring (bicyclic) bond motifs is 6. The quantitative estimate of drug-likeness (QED) is 0.0446. The number of pyridine rings is 6. The van der Waals surface area contributed by atoms with Crippen molar-refractivity contribution in [3.63, 3.8) is 0 Å². The summed E-state index contributed by atoms with van der Waals surface area (Å²) < 4.78 is 64.9.